The van der Waals surface area contributed by atoms with Crippen molar-refractivity contribution in [3.63, 3.8) is 0 Å². The van der Waals surface area contributed by atoms with Gasteiger partial charge in [-0.25, -0.2) is 8.42 Å². The van der Waals surface area contributed by atoms with Crippen molar-refractivity contribution in [2.75, 3.05) is 23.3 Å². The van der Waals surface area contributed by atoms with Gasteiger partial charge < -0.3 is 14.8 Å². The van der Waals surface area contributed by atoms with Gasteiger partial charge in [0.05, 0.1) is 29.8 Å². The quantitative estimate of drug-likeness (QED) is 0.653. The summed E-state index contributed by atoms with van der Waals surface area (Å²) >= 11 is 0. The first kappa shape index (κ1) is 20.7. The zero-order chi connectivity index (χ0) is 22.0. The van der Waals surface area contributed by atoms with Crippen LogP contribution in [0.4, 0.5) is 11.4 Å². The van der Waals surface area contributed by atoms with Crippen LogP contribution in [0.5, 0.6) is 11.5 Å². The number of anilines is 2. The summed E-state index contributed by atoms with van der Waals surface area (Å²) in [6, 6.07) is 20.0. The molecule has 0 bridgehead atoms. The molecule has 31 heavy (non-hydrogen) atoms. The van der Waals surface area contributed by atoms with E-state index in [1.165, 1.54) is 23.5 Å². The lowest BCUT2D eigenvalue weighted by molar-refractivity contribution is 0.102. The van der Waals surface area contributed by atoms with Crippen LogP contribution in [0.25, 0.3) is 0 Å². The van der Waals surface area contributed by atoms with Crippen molar-refractivity contribution < 1.29 is 22.7 Å². The summed E-state index contributed by atoms with van der Waals surface area (Å²) in [7, 11) is -2.30. The van der Waals surface area contributed by atoms with Crippen LogP contribution in [0.3, 0.4) is 0 Å². The minimum atomic E-state index is -3.80. The summed E-state index contributed by atoms with van der Waals surface area (Å²) in [5.74, 6) is 0.647. The molecular weight excluding hydrogens is 416 g/mol. The molecule has 160 valence electrons. The van der Waals surface area contributed by atoms with Crippen LogP contribution in [0.1, 0.15) is 17.3 Å². The normalized spacial score (nSPS) is 15.5. The zero-order valence-electron chi connectivity index (χ0n) is 17.1. The van der Waals surface area contributed by atoms with Crippen molar-refractivity contribution in [1.29, 1.82) is 0 Å². The van der Waals surface area contributed by atoms with E-state index in [-0.39, 0.29) is 23.5 Å². The van der Waals surface area contributed by atoms with Gasteiger partial charge >= 0.3 is 0 Å². The highest BCUT2D eigenvalue weighted by Gasteiger charge is 2.32. The molecule has 0 unspecified atom stereocenters. The number of methoxy groups -OCH3 is 1. The number of nitrogens with one attached hydrogen (secondary N) is 1. The maximum Gasteiger partial charge on any atom is 0.264 e. The number of benzene rings is 3. The summed E-state index contributed by atoms with van der Waals surface area (Å²) in [5, 5.41) is 2.77. The SMILES string of the molecule is COc1ccccc1C(=O)Nc1ccc(S(=O)(=O)N2C[C@H](C)Oc3ccccc32)cc1. The molecule has 0 saturated carbocycles. The van der Waals surface area contributed by atoms with Gasteiger partial charge in [0.2, 0.25) is 0 Å². The predicted molar refractivity (Wildman–Crippen MR) is 118 cm³/mol. The Balaban J connectivity index is 1.57. The van der Waals surface area contributed by atoms with Gasteiger partial charge in [-0.3, -0.25) is 9.10 Å². The van der Waals surface area contributed by atoms with E-state index >= 15 is 0 Å². The third-order valence-electron chi connectivity index (χ3n) is 4.94. The molecule has 0 aliphatic carbocycles. The Morgan fingerprint density at radius 1 is 1.03 bits per heavy atom. The number of para-hydroxylation sites is 3. The molecule has 1 atom stereocenters. The fourth-order valence-corrected chi connectivity index (χ4v) is 4.99. The van der Waals surface area contributed by atoms with Crippen LogP contribution >= 0.6 is 0 Å². The fourth-order valence-electron chi connectivity index (χ4n) is 3.44. The van der Waals surface area contributed by atoms with E-state index in [4.69, 9.17) is 9.47 Å². The maximum atomic E-state index is 13.3. The lowest BCUT2D eigenvalue weighted by Gasteiger charge is -2.34. The van der Waals surface area contributed by atoms with E-state index in [2.05, 4.69) is 5.32 Å². The van der Waals surface area contributed by atoms with Crippen molar-refractivity contribution in [2.45, 2.75) is 17.9 Å². The molecule has 0 radical (unpaired) electrons. The second kappa shape index (κ2) is 8.31. The zero-order valence-corrected chi connectivity index (χ0v) is 17.9. The average Bonchev–Trinajstić information content (AvgIpc) is 2.78. The molecule has 1 amide bonds. The third kappa shape index (κ3) is 4.06. The Morgan fingerprint density at radius 2 is 1.71 bits per heavy atom. The summed E-state index contributed by atoms with van der Waals surface area (Å²) in [4.78, 5) is 12.7. The highest BCUT2D eigenvalue weighted by atomic mass is 32.2. The lowest BCUT2D eigenvalue weighted by atomic mass is 10.2. The number of carbonyl (C=O) groups is 1. The second-order valence-electron chi connectivity index (χ2n) is 7.11. The number of fused-ring (bicyclic) bond motifs is 1. The fraction of sp³-hybridized carbons (Fsp3) is 0.174. The van der Waals surface area contributed by atoms with E-state index in [0.29, 0.717) is 28.4 Å². The molecule has 4 rings (SSSR count). The Hall–Kier alpha value is -3.52. The van der Waals surface area contributed by atoms with Gasteiger partial charge in [0.15, 0.2) is 0 Å². The summed E-state index contributed by atoms with van der Waals surface area (Å²) in [6.45, 7) is 2.04. The van der Waals surface area contributed by atoms with E-state index in [1.54, 1.807) is 60.7 Å². The van der Waals surface area contributed by atoms with E-state index in [9.17, 15) is 13.2 Å². The molecule has 0 aromatic heterocycles. The molecule has 3 aromatic carbocycles. The van der Waals surface area contributed by atoms with E-state index < -0.39 is 10.0 Å². The molecule has 1 aliphatic heterocycles. The van der Waals surface area contributed by atoms with Gasteiger partial charge in [-0.1, -0.05) is 24.3 Å². The van der Waals surface area contributed by atoms with Gasteiger partial charge in [-0.2, -0.15) is 0 Å². The summed E-state index contributed by atoms with van der Waals surface area (Å²) in [5.41, 5.74) is 1.38. The molecule has 1 heterocycles. The smallest absolute Gasteiger partial charge is 0.264 e. The van der Waals surface area contributed by atoms with Crippen LogP contribution in [-0.2, 0) is 10.0 Å². The Labute approximate surface area is 181 Å². The first-order valence-electron chi connectivity index (χ1n) is 9.73. The number of hydrogen-bond acceptors (Lipinski definition) is 5. The van der Waals surface area contributed by atoms with E-state index in [1.807, 2.05) is 6.92 Å². The van der Waals surface area contributed by atoms with E-state index in [0.717, 1.165) is 0 Å². The molecule has 7 nitrogen and oxygen atoms in total. The third-order valence-corrected chi connectivity index (χ3v) is 6.73. The molecule has 8 heteroatoms. The number of amides is 1. The highest BCUT2D eigenvalue weighted by molar-refractivity contribution is 7.92. The van der Waals surface area contributed by atoms with Crippen molar-refractivity contribution in [3.8, 4) is 11.5 Å². The molecule has 1 aliphatic rings. The van der Waals surface area contributed by atoms with Crippen LogP contribution in [0.2, 0.25) is 0 Å². The van der Waals surface area contributed by atoms with Gasteiger partial charge in [-0.15, -0.1) is 0 Å². The Kier molecular flexibility index (Phi) is 5.56. The van der Waals surface area contributed by atoms with Crippen LogP contribution in [0, 0.1) is 0 Å². The van der Waals surface area contributed by atoms with Gasteiger partial charge in [0.1, 0.15) is 17.6 Å². The minimum absolute atomic E-state index is 0.131. The average molecular weight is 439 g/mol. The van der Waals surface area contributed by atoms with Crippen LogP contribution in [-0.4, -0.2) is 34.1 Å². The molecular formula is C23H22N2O5S. The summed E-state index contributed by atoms with van der Waals surface area (Å²) in [6.07, 6.45) is -0.274. The number of carbonyl (C=O) groups excluding carboxylic acids is 1. The number of hydrogen-bond donors (Lipinski definition) is 1. The number of sulfonamides is 1. The largest absolute Gasteiger partial charge is 0.496 e. The molecule has 0 spiro atoms. The number of rotatable bonds is 5. The van der Waals surface area contributed by atoms with Gasteiger partial charge in [-0.05, 0) is 55.5 Å². The maximum absolute atomic E-state index is 13.3. The van der Waals surface area contributed by atoms with Crippen molar-refractivity contribution in [2.24, 2.45) is 0 Å². The highest BCUT2D eigenvalue weighted by Crippen LogP contribution is 2.36. The van der Waals surface area contributed by atoms with Crippen LogP contribution in [0.15, 0.2) is 77.7 Å². The molecule has 0 fully saturated rings. The molecule has 1 N–H and O–H groups in total. The predicted octanol–water partition coefficient (Wildman–Crippen LogP) is 3.92. The van der Waals surface area contributed by atoms with Crippen molar-refractivity contribution in [3.05, 3.63) is 78.4 Å². The number of ether oxygens (including phenoxy) is 2. The van der Waals surface area contributed by atoms with Gasteiger partial charge in [0.25, 0.3) is 15.9 Å². The summed E-state index contributed by atoms with van der Waals surface area (Å²) < 4.78 is 38.9. The topological polar surface area (TPSA) is 84.9 Å². The van der Waals surface area contributed by atoms with Crippen molar-refractivity contribution >= 4 is 27.3 Å². The number of nitrogens with zero attached hydrogens (tertiary/aromatic N) is 1. The monoisotopic (exact) mass is 438 g/mol. The lowest BCUT2D eigenvalue weighted by Crippen LogP contribution is -2.42. The first-order chi connectivity index (χ1) is 14.9. The molecule has 3 aromatic rings. The van der Waals surface area contributed by atoms with Crippen molar-refractivity contribution in [1.82, 2.24) is 0 Å². The first-order valence-corrected chi connectivity index (χ1v) is 11.2. The molecule has 0 saturated heterocycles. The van der Waals surface area contributed by atoms with Crippen LogP contribution < -0.4 is 19.1 Å². The Morgan fingerprint density at radius 3 is 2.45 bits per heavy atom. The second-order valence-corrected chi connectivity index (χ2v) is 8.97. The van der Waals surface area contributed by atoms with Gasteiger partial charge in [0, 0.05) is 5.69 Å². The Bertz CT molecular complexity index is 1210. The minimum Gasteiger partial charge on any atom is -0.496 e. The standard InChI is InChI=1S/C23H22N2O5S/c1-16-15-25(20-8-4-6-10-22(20)30-16)31(27,28)18-13-11-17(12-14-18)24-23(26)19-7-3-5-9-21(19)29-2/h3-14,16H,15H2,1-2H3,(H,24,26)/t16-/m0/s1.